The second-order valence-corrected chi connectivity index (χ2v) is 8.26. The van der Waals surface area contributed by atoms with Gasteiger partial charge in [-0.15, -0.1) is 0 Å². The van der Waals surface area contributed by atoms with Gasteiger partial charge in [-0.2, -0.15) is 0 Å². The van der Waals surface area contributed by atoms with E-state index in [1.165, 1.54) is 18.2 Å². The van der Waals surface area contributed by atoms with E-state index in [0.717, 1.165) is 4.47 Å². The molecule has 7 nitrogen and oxygen atoms in total. The lowest BCUT2D eigenvalue weighted by molar-refractivity contribution is -0.137. The Hall–Kier alpha value is -2.10. The molecule has 3 rings (SSSR count). The highest BCUT2D eigenvalue weighted by molar-refractivity contribution is 9.10. The summed E-state index contributed by atoms with van der Waals surface area (Å²) in [5, 5.41) is 9.16. The maximum Gasteiger partial charge on any atom is 0.305 e. The molecular formula is C17H16BrNO6S. The van der Waals surface area contributed by atoms with Crippen molar-refractivity contribution in [2.75, 3.05) is 13.2 Å². The molecule has 26 heavy (non-hydrogen) atoms. The number of ether oxygens (including phenoxy) is 2. The Morgan fingerprint density at radius 3 is 2.58 bits per heavy atom. The highest BCUT2D eigenvalue weighted by atomic mass is 79.9. The summed E-state index contributed by atoms with van der Waals surface area (Å²) in [6.07, 6.45) is -0.389. The molecule has 1 unspecified atom stereocenters. The van der Waals surface area contributed by atoms with Gasteiger partial charge in [-0.05, 0) is 29.8 Å². The molecule has 0 saturated heterocycles. The fourth-order valence-electron chi connectivity index (χ4n) is 2.57. The highest BCUT2D eigenvalue weighted by Gasteiger charge is 2.25. The maximum absolute atomic E-state index is 12.8. The van der Waals surface area contributed by atoms with Crippen molar-refractivity contribution < 1.29 is 27.8 Å². The van der Waals surface area contributed by atoms with E-state index in [1.54, 1.807) is 24.3 Å². The molecule has 0 saturated carbocycles. The summed E-state index contributed by atoms with van der Waals surface area (Å²) in [7, 11) is -3.96. The van der Waals surface area contributed by atoms with Crippen LogP contribution in [0.25, 0.3) is 0 Å². The van der Waals surface area contributed by atoms with E-state index in [0.29, 0.717) is 30.3 Å². The number of aliphatic carboxylic acids is 1. The fraction of sp³-hybridized carbons (Fsp3) is 0.235. The largest absolute Gasteiger partial charge is 0.486 e. The van der Waals surface area contributed by atoms with E-state index in [2.05, 4.69) is 20.7 Å². The molecule has 0 fully saturated rings. The van der Waals surface area contributed by atoms with E-state index in [4.69, 9.17) is 14.6 Å². The van der Waals surface area contributed by atoms with E-state index < -0.39 is 22.0 Å². The molecule has 1 heterocycles. The normalized spacial score (nSPS) is 14.7. The van der Waals surface area contributed by atoms with Crippen LogP contribution < -0.4 is 14.2 Å². The number of fused-ring (bicyclic) bond motifs is 1. The van der Waals surface area contributed by atoms with E-state index in [-0.39, 0.29) is 11.3 Å². The molecule has 1 aliphatic rings. The van der Waals surface area contributed by atoms with Gasteiger partial charge in [-0.1, -0.05) is 28.1 Å². The molecule has 1 atom stereocenters. The maximum atomic E-state index is 12.8. The summed E-state index contributed by atoms with van der Waals surface area (Å²) in [6, 6.07) is 10.2. The van der Waals surface area contributed by atoms with Gasteiger partial charge in [-0.3, -0.25) is 4.79 Å². The lowest BCUT2D eigenvalue weighted by Gasteiger charge is -2.21. The number of carboxylic acid groups (broad SMARTS) is 1. The Morgan fingerprint density at radius 1 is 1.15 bits per heavy atom. The monoisotopic (exact) mass is 441 g/mol. The van der Waals surface area contributed by atoms with E-state index in [9.17, 15) is 13.2 Å². The van der Waals surface area contributed by atoms with Crippen LogP contribution in [0.1, 0.15) is 18.0 Å². The van der Waals surface area contributed by atoms with Gasteiger partial charge in [-0.25, -0.2) is 13.1 Å². The second kappa shape index (κ2) is 7.65. The Bertz CT molecular complexity index is 931. The SMILES string of the molecule is O=C(O)CC(NS(=O)(=O)c1ccc2c(c1)OCCO2)c1cccc(Br)c1. The van der Waals surface area contributed by atoms with E-state index in [1.807, 2.05) is 0 Å². The number of rotatable bonds is 6. The number of carboxylic acids is 1. The molecule has 0 amide bonds. The molecule has 0 radical (unpaired) electrons. The van der Waals surface area contributed by atoms with Crippen molar-refractivity contribution in [1.82, 2.24) is 4.72 Å². The Balaban J connectivity index is 1.90. The summed E-state index contributed by atoms with van der Waals surface area (Å²) in [5.41, 5.74) is 0.544. The second-order valence-electron chi connectivity index (χ2n) is 5.63. The molecule has 9 heteroatoms. The zero-order valence-electron chi connectivity index (χ0n) is 13.5. The predicted octanol–water partition coefficient (Wildman–Crippen LogP) is 2.71. The third-order valence-electron chi connectivity index (χ3n) is 3.75. The Kier molecular flexibility index (Phi) is 5.49. The van der Waals surface area contributed by atoms with Crippen LogP contribution in [0.4, 0.5) is 0 Å². The van der Waals surface area contributed by atoms with Crippen LogP contribution in [0.3, 0.4) is 0 Å². The van der Waals surface area contributed by atoms with Gasteiger partial charge >= 0.3 is 5.97 Å². The van der Waals surface area contributed by atoms with Gasteiger partial charge in [0.15, 0.2) is 11.5 Å². The number of carbonyl (C=O) groups is 1. The first-order valence-electron chi connectivity index (χ1n) is 7.74. The van der Waals surface area contributed by atoms with Gasteiger partial charge < -0.3 is 14.6 Å². The third-order valence-corrected chi connectivity index (χ3v) is 5.71. The van der Waals surface area contributed by atoms with Crippen LogP contribution in [-0.4, -0.2) is 32.7 Å². The Labute approximate surface area is 159 Å². The molecular weight excluding hydrogens is 426 g/mol. The number of benzene rings is 2. The smallest absolute Gasteiger partial charge is 0.305 e. The van der Waals surface area contributed by atoms with Crippen molar-refractivity contribution in [1.29, 1.82) is 0 Å². The molecule has 2 aromatic carbocycles. The van der Waals surface area contributed by atoms with Crippen molar-refractivity contribution >= 4 is 31.9 Å². The average Bonchev–Trinajstić information content (AvgIpc) is 2.60. The minimum absolute atomic E-state index is 0.0212. The summed E-state index contributed by atoms with van der Waals surface area (Å²) in [4.78, 5) is 11.2. The molecule has 1 aliphatic heterocycles. The van der Waals surface area contributed by atoms with Gasteiger partial charge in [0, 0.05) is 10.5 Å². The first-order chi connectivity index (χ1) is 12.3. The number of halogens is 1. The van der Waals surface area contributed by atoms with Gasteiger partial charge in [0.2, 0.25) is 10.0 Å². The van der Waals surface area contributed by atoms with Crippen molar-refractivity contribution in [2.24, 2.45) is 0 Å². The topological polar surface area (TPSA) is 102 Å². The molecule has 2 N–H and O–H groups in total. The van der Waals surface area contributed by atoms with Crippen molar-refractivity contribution in [3.63, 3.8) is 0 Å². The molecule has 0 aliphatic carbocycles. The minimum Gasteiger partial charge on any atom is -0.486 e. The number of hydrogen-bond donors (Lipinski definition) is 2. The van der Waals surface area contributed by atoms with E-state index >= 15 is 0 Å². The van der Waals surface area contributed by atoms with Crippen LogP contribution >= 0.6 is 15.9 Å². The average molecular weight is 442 g/mol. The summed E-state index contributed by atoms with van der Waals surface area (Å²) in [5.74, 6) is -0.291. The number of nitrogens with one attached hydrogen (secondary N) is 1. The fourth-order valence-corrected chi connectivity index (χ4v) is 4.23. The first-order valence-corrected chi connectivity index (χ1v) is 10.0. The van der Waals surface area contributed by atoms with Crippen LogP contribution in [0, 0.1) is 0 Å². The quantitative estimate of drug-likeness (QED) is 0.714. The number of hydrogen-bond acceptors (Lipinski definition) is 5. The molecule has 0 spiro atoms. The van der Waals surface area contributed by atoms with Gasteiger partial charge in [0.05, 0.1) is 17.4 Å². The zero-order chi connectivity index (χ0) is 18.7. The highest BCUT2D eigenvalue weighted by Crippen LogP contribution is 2.33. The summed E-state index contributed by atoms with van der Waals surface area (Å²) < 4.78 is 39.5. The molecule has 0 aromatic heterocycles. The van der Waals surface area contributed by atoms with Crippen LogP contribution in [0.2, 0.25) is 0 Å². The first kappa shape index (κ1) is 18.7. The lowest BCUT2D eigenvalue weighted by Crippen LogP contribution is -2.30. The molecule has 0 bridgehead atoms. The Morgan fingerprint density at radius 2 is 1.88 bits per heavy atom. The van der Waals surface area contributed by atoms with Gasteiger partial charge in [0.25, 0.3) is 0 Å². The standard InChI is InChI=1S/C17H16BrNO6S/c18-12-3-1-2-11(8-12)14(10-17(20)21)19-26(22,23)13-4-5-15-16(9-13)25-7-6-24-15/h1-5,8-9,14,19H,6-7,10H2,(H,20,21). The van der Waals surface area contributed by atoms with Crippen molar-refractivity contribution in [2.45, 2.75) is 17.4 Å². The van der Waals surface area contributed by atoms with Crippen LogP contribution in [-0.2, 0) is 14.8 Å². The number of sulfonamides is 1. The minimum atomic E-state index is -3.96. The van der Waals surface area contributed by atoms with Crippen LogP contribution in [0.15, 0.2) is 51.8 Å². The molecule has 138 valence electrons. The molecule has 2 aromatic rings. The third kappa shape index (κ3) is 4.35. The predicted molar refractivity (Wildman–Crippen MR) is 96.9 cm³/mol. The van der Waals surface area contributed by atoms with Crippen molar-refractivity contribution in [3.05, 3.63) is 52.5 Å². The zero-order valence-corrected chi connectivity index (χ0v) is 15.9. The summed E-state index contributed by atoms with van der Waals surface area (Å²) >= 11 is 3.31. The van der Waals surface area contributed by atoms with Crippen LogP contribution in [0.5, 0.6) is 11.5 Å². The van der Waals surface area contributed by atoms with Gasteiger partial charge in [0.1, 0.15) is 13.2 Å². The van der Waals surface area contributed by atoms with Crippen molar-refractivity contribution in [3.8, 4) is 11.5 Å². The lowest BCUT2D eigenvalue weighted by atomic mass is 10.1. The summed E-state index contributed by atoms with van der Waals surface area (Å²) in [6.45, 7) is 0.741.